The number of thiophene rings is 1. The smallest absolute Gasteiger partial charge is 0.159 e. The Hall–Kier alpha value is -6.30. The number of fused-ring (bicyclic) bond motifs is 6. The van der Waals surface area contributed by atoms with Crippen molar-refractivity contribution < 1.29 is 0 Å². The number of hydrogen-bond acceptors (Lipinski definition) is 4. The summed E-state index contributed by atoms with van der Waals surface area (Å²) in [6.45, 7) is 0. The van der Waals surface area contributed by atoms with E-state index in [1.54, 1.807) is 0 Å². The summed E-state index contributed by atoms with van der Waals surface area (Å²) in [6.07, 6.45) is -0.307. The maximum Gasteiger partial charge on any atom is 0.159 e. The summed E-state index contributed by atoms with van der Waals surface area (Å²) in [5, 5.41) is 8.73. The van der Waals surface area contributed by atoms with Crippen molar-refractivity contribution in [2.45, 2.75) is 6.17 Å². The highest BCUT2D eigenvalue weighted by Crippen LogP contribution is 2.40. The highest BCUT2D eigenvalue weighted by atomic mass is 32.1. The molecule has 2 aromatic heterocycles. The Morgan fingerprint density at radius 3 is 2.04 bits per heavy atom. The van der Waals surface area contributed by atoms with Gasteiger partial charge in [-0.25, -0.2) is 9.98 Å². The number of nitrogens with zero attached hydrogens (tertiary/aromatic N) is 3. The first kappa shape index (κ1) is 28.7. The SMILES string of the molecule is c1ccc(C2=NC(c3cccc(-n4c5ccccc5c5cc6sc7ccccc7c6cc54)c3)=NC(c3cccc(-c4ccccc4)c3)N2)cc1. The van der Waals surface area contributed by atoms with E-state index < -0.39 is 0 Å². The summed E-state index contributed by atoms with van der Waals surface area (Å²) >= 11 is 1.86. The molecule has 0 aliphatic carbocycles. The van der Waals surface area contributed by atoms with E-state index in [1.165, 1.54) is 47.5 Å². The number of nitrogens with one attached hydrogen (secondary N) is 1. The molecular formula is C45H30N4S. The highest BCUT2D eigenvalue weighted by Gasteiger charge is 2.22. The predicted octanol–water partition coefficient (Wildman–Crippen LogP) is 11.3. The molecule has 50 heavy (non-hydrogen) atoms. The Morgan fingerprint density at radius 1 is 0.480 bits per heavy atom. The highest BCUT2D eigenvalue weighted by molar-refractivity contribution is 7.25. The standard InChI is InChI=1S/C45H30N4S/c1-3-13-29(14-4-1)31-17-11-18-32(25-31)44-46-43(30-15-5-2-6-16-30)47-45(48-44)33-19-12-20-34(26-33)49-39-23-9-7-21-35(39)37-28-42-38(27-40(37)49)36-22-8-10-24-41(36)50-42/h1-28,44H,(H,46,47,48). The Bertz CT molecular complexity index is 2790. The van der Waals surface area contributed by atoms with Crippen LogP contribution in [0.25, 0.3) is 58.8 Å². The summed E-state index contributed by atoms with van der Waals surface area (Å²) in [5.41, 5.74) is 8.85. The van der Waals surface area contributed by atoms with Gasteiger partial charge in [0.15, 0.2) is 5.84 Å². The van der Waals surface area contributed by atoms with Crippen LogP contribution >= 0.6 is 11.3 Å². The average Bonchev–Trinajstić information content (AvgIpc) is 3.72. The van der Waals surface area contributed by atoms with E-state index in [1.807, 2.05) is 35.6 Å². The summed E-state index contributed by atoms with van der Waals surface area (Å²) in [6, 6.07) is 60.3. The van der Waals surface area contributed by atoms with Crippen LogP contribution in [0.3, 0.4) is 0 Å². The van der Waals surface area contributed by atoms with Gasteiger partial charge in [0.1, 0.15) is 12.0 Å². The quantitative estimate of drug-likeness (QED) is 0.196. The molecule has 236 valence electrons. The van der Waals surface area contributed by atoms with Gasteiger partial charge in [-0.05, 0) is 59.2 Å². The van der Waals surface area contributed by atoms with Gasteiger partial charge in [-0.2, -0.15) is 0 Å². The molecule has 10 rings (SSSR count). The van der Waals surface area contributed by atoms with Crippen molar-refractivity contribution in [1.82, 2.24) is 9.88 Å². The van der Waals surface area contributed by atoms with Crippen LogP contribution in [-0.4, -0.2) is 16.2 Å². The lowest BCUT2D eigenvalue weighted by Crippen LogP contribution is -2.33. The van der Waals surface area contributed by atoms with Crippen LogP contribution < -0.4 is 5.32 Å². The monoisotopic (exact) mass is 658 g/mol. The first-order chi connectivity index (χ1) is 24.8. The molecule has 1 aliphatic heterocycles. The number of amidine groups is 2. The Kier molecular flexibility index (Phi) is 6.71. The number of para-hydroxylation sites is 1. The molecule has 0 bridgehead atoms. The molecule has 0 fully saturated rings. The van der Waals surface area contributed by atoms with E-state index in [9.17, 15) is 0 Å². The Morgan fingerprint density at radius 2 is 1.18 bits per heavy atom. The van der Waals surface area contributed by atoms with Crippen molar-refractivity contribution in [2.75, 3.05) is 0 Å². The van der Waals surface area contributed by atoms with Crippen LogP contribution in [0.2, 0.25) is 0 Å². The van der Waals surface area contributed by atoms with Crippen LogP contribution in [0, 0.1) is 0 Å². The van der Waals surface area contributed by atoms with Crippen molar-refractivity contribution in [2.24, 2.45) is 9.98 Å². The fourth-order valence-corrected chi connectivity index (χ4v) is 8.39. The van der Waals surface area contributed by atoms with Gasteiger partial charge in [0.05, 0.1) is 11.0 Å². The van der Waals surface area contributed by atoms with Crippen molar-refractivity contribution >= 4 is 65.0 Å². The van der Waals surface area contributed by atoms with E-state index >= 15 is 0 Å². The van der Waals surface area contributed by atoms with E-state index in [2.05, 4.69) is 155 Å². The molecule has 0 amide bonds. The van der Waals surface area contributed by atoms with Crippen LogP contribution in [0.15, 0.2) is 180 Å². The fourth-order valence-electron chi connectivity index (χ4n) is 7.26. The zero-order chi connectivity index (χ0) is 33.0. The predicted molar refractivity (Wildman–Crippen MR) is 211 cm³/mol. The molecule has 0 radical (unpaired) electrons. The summed E-state index contributed by atoms with van der Waals surface area (Å²) in [4.78, 5) is 10.4. The van der Waals surface area contributed by atoms with Gasteiger partial charge < -0.3 is 9.88 Å². The van der Waals surface area contributed by atoms with Gasteiger partial charge in [-0.15, -0.1) is 11.3 Å². The molecule has 9 aromatic rings. The summed E-state index contributed by atoms with van der Waals surface area (Å²) < 4.78 is 5.02. The lowest BCUT2D eigenvalue weighted by molar-refractivity contribution is 0.674. The molecule has 5 heteroatoms. The third kappa shape index (κ3) is 4.82. The second-order valence-electron chi connectivity index (χ2n) is 12.7. The normalized spacial score (nSPS) is 14.6. The van der Waals surface area contributed by atoms with Crippen molar-refractivity contribution in [3.8, 4) is 16.8 Å². The van der Waals surface area contributed by atoms with Gasteiger partial charge in [0.25, 0.3) is 0 Å². The van der Waals surface area contributed by atoms with Crippen LogP contribution in [0.4, 0.5) is 0 Å². The van der Waals surface area contributed by atoms with E-state index in [0.717, 1.165) is 33.8 Å². The molecular weight excluding hydrogens is 629 g/mol. The number of rotatable bonds is 5. The van der Waals surface area contributed by atoms with Gasteiger partial charge in [0.2, 0.25) is 0 Å². The van der Waals surface area contributed by atoms with Crippen molar-refractivity contribution in [3.63, 3.8) is 0 Å². The largest absolute Gasteiger partial charge is 0.344 e. The lowest BCUT2D eigenvalue weighted by atomic mass is 10.0. The number of hydrogen-bond donors (Lipinski definition) is 1. The third-order valence-corrected chi connectivity index (χ3v) is 10.8. The first-order valence-corrected chi connectivity index (χ1v) is 17.7. The molecule has 1 unspecified atom stereocenters. The minimum absolute atomic E-state index is 0.307. The molecule has 1 atom stereocenters. The molecule has 7 aromatic carbocycles. The van der Waals surface area contributed by atoms with Gasteiger partial charge in [-0.3, -0.25) is 0 Å². The zero-order valence-electron chi connectivity index (χ0n) is 27.0. The van der Waals surface area contributed by atoms with Gasteiger partial charge in [-0.1, -0.05) is 127 Å². The van der Waals surface area contributed by atoms with Crippen LogP contribution in [0.5, 0.6) is 0 Å². The summed E-state index contributed by atoms with van der Waals surface area (Å²) in [5.74, 6) is 1.51. The zero-order valence-corrected chi connectivity index (χ0v) is 27.8. The molecule has 4 nitrogen and oxygen atoms in total. The van der Waals surface area contributed by atoms with Crippen LogP contribution in [-0.2, 0) is 0 Å². The molecule has 0 saturated carbocycles. The van der Waals surface area contributed by atoms with E-state index in [0.29, 0.717) is 5.84 Å². The fraction of sp³-hybridized carbons (Fsp3) is 0.0222. The van der Waals surface area contributed by atoms with Gasteiger partial charge >= 0.3 is 0 Å². The second-order valence-corrected chi connectivity index (χ2v) is 13.8. The maximum absolute atomic E-state index is 5.26. The lowest BCUT2D eigenvalue weighted by Gasteiger charge is -2.24. The molecule has 3 heterocycles. The van der Waals surface area contributed by atoms with E-state index in [-0.39, 0.29) is 6.17 Å². The van der Waals surface area contributed by atoms with Crippen LogP contribution in [0.1, 0.15) is 22.9 Å². The molecule has 1 aliphatic rings. The van der Waals surface area contributed by atoms with Gasteiger partial charge in [0, 0.05) is 47.8 Å². The third-order valence-electron chi connectivity index (χ3n) is 9.63. The second kappa shape index (κ2) is 11.7. The number of benzene rings is 7. The molecule has 0 spiro atoms. The Labute approximate surface area is 293 Å². The van der Waals surface area contributed by atoms with Crippen molar-refractivity contribution in [1.29, 1.82) is 0 Å². The maximum atomic E-state index is 5.26. The molecule has 0 saturated heterocycles. The van der Waals surface area contributed by atoms with Crippen molar-refractivity contribution in [3.05, 3.63) is 187 Å². The average molecular weight is 659 g/mol. The minimum atomic E-state index is -0.307. The minimum Gasteiger partial charge on any atom is -0.344 e. The Balaban J connectivity index is 1.14. The topological polar surface area (TPSA) is 41.7 Å². The first-order valence-electron chi connectivity index (χ1n) is 16.9. The number of aromatic nitrogens is 1. The number of aliphatic imine (C=N–C) groups is 2. The van der Waals surface area contributed by atoms with E-state index in [4.69, 9.17) is 9.98 Å². The molecule has 1 N–H and O–H groups in total. The summed E-state index contributed by atoms with van der Waals surface area (Å²) in [7, 11) is 0.